The molecule has 1 nitrogen and oxygen atoms in total. The fraction of sp³-hybridized carbons (Fsp3) is 0. The van der Waals surface area contributed by atoms with Gasteiger partial charge in [0.1, 0.15) is 0 Å². The van der Waals surface area contributed by atoms with E-state index < -0.39 is 0 Å². The van der Waals surface area contributed by atoms with Gasteiger partial charge in [0.25, 0.3) is 0 Å². The number of rotatable bonds is 7. The second-order valence-corrected chi connectivity index (χ2v) is 11.9. The minimum atomic E-state index is 1.11. The molecule has 0 fully saturated rings. The molecule has 0 aromatic heterocycles. The van der Waals surface area contributed by atoms with Gasteiger partial charge in [-0.2, -0.15) is 0 Å². The van der Waals surface area contributed by atoms with Gasteiger partial charge < -0.3 is 4.90 Å². The Hall–Kier alpha value is -6.18. The lowest BCUT2D eigenvalue weighted by atomic mass is 9.98. The lowest BCUT2D eigenvalue weighted by Crippen LogP contribution is -2.10. The zero-order chi connectivity index (χ0) is 31.4. The topological polar surface area (TPSA) is 3.24 Å². The molecule has 0 atom stereocenters. The maximum Gasteiger partial charge on any atom is 0.0467 e. The Morgan fingerprint density at radius 1 is 0.213 bits per heavy atom. The number of hydrogen-bond donors (Lipinski definition) is 0. The molecule has 0 spiro atoms. The molecule has 47 heavy (non-hydrogen) atoms. The molecule has 0 N–H and O–H groups in total. The highest BCUT2D eigenvalue weighted by atomic mass is 15.1. The van der Waals surface area contributed by atoms with Crippen LogP contribution in [0.25, 0.3) is 55.3 Å². The Morgan fingerprint density at radius 3 is 1.23 bits per heavy atom. The summed E-state index contributed by atoms with van der Waals surface area (Å²) in [4.78, 5) is 2.36. The molecule has 8 rings (SSSR count). The van der Waals surface area contributed by atoms with Gasteiger partial charge >= 0.3 is 0 Å². The molecule has 0 amide bonds. The molecule has 8 aromatic carbocycles. The summed E-state index contributed by atoms with van der Waals surface area (Å²) in [5.74, 6) is 0. The highest BCUT2D eigenvalue weighted by Gasteiger charge is 2.15. The van der Waals surface area contributed by atoms with Crippen LogP contribution in [0.5, 0.6) is 0 Å². The predicted octanol–water partition coefficient (Wildman–Crippen LogP) is 13.0. The molecule has 0 aliphatic carbocycles. The summed E-state index contributed by atoms with van der Waals surface area (Å²) in [5.41, 5.74) is 12.9. The molecule has 0 aliphatic heterocycles. The van der Waals surface area contributed by atoms with Gasteiger partial charge in [-0.1, -0.05) is 152 Å². The average Bonchev–Trinajstić information content (AvgIpc) is 3.16. The van der Waals surface area contributed by atoms with Crippen LogP contribution < -0.4 is 4.90 Å². The van der Waals surface area contributed by atoms with Gasteiger partial charge in [-0.05, 0) is 104 Å². The predicted molar refractivity (Wildman–Crippen MR) is 200 cm³/mol. The zero-order valence-corrected chi connectivity index (χ0v) is 26.0. The van der Waals surface area contributed by atoms with E-state index in [1.807, 2.05) is 0 Å². The Balaban J connectivity index is 1.21. The van der Waals surface area contributed by atoms with Crippen molar-refractivity contribution in [1.82, 2.24) is 0 Å². The highest BCUT2D eigenvalue weighted by molar-refractivity contribution is 5.88. The average molecular weight is 600 g/mol. The summed E-state index contributed by atoms with van der Waals surface area (Å²) in [6, 6.07) is 71.9. The van der Waals surface area contributed by atoms with E-state index >= 15 is 0 Å². The fourth-order valence-electron chi connectivity index (χ4n) is 6.41. The normalized spacial score (nSPS) is 11.0. The second-order valence-electron chi connectivity index (χ2n) is 11.9. The van der Waals surface area contributed by atoms with Crippen molar-refractivity contribution in [1.29, 1.82) is 0 Å². The molecule has 1 heteroatoms. The monoisotopic (exact) mass is 599 g/mol. The largest absolute Gasteiger partial charge is 0.310 e. The van der Waals surface area contributed by atoms with Crippen LogP contribution >= 0.6 is 0 Å². The van der Waals surface area contributed by atoms with E-state index in [2.05, 4.69) is 205 Å². The van der Waals surface area contributed by atoms with Crippen molar-refractivity contribution in [2.45, 2.75) is 0 Å². The first-order valence-corrected chi connectivity index (χ1v) is 16.1. The third-order valence-electron chi connectivity index (χ3n) is 8.83. The smallest absolute Gasteiger partial charge is 0.0467 e. The Bertz CT molecular complexity index is 2290. The molecule has 0 aliphatic rings. The molecule has 222 valence electrons. The third-order valence-corrected chi connectivity index (χ3v) is 8.83. The van der Waals surface area contributed by atoms with Gasteiger partial charge in [0.05, 0.1) is 0 Å². The summed E-state index contributed by atoms with van der Waals surface area (Å²) in [5, 5.41) is 2.51. The van der Waals surface area contributed by atoms with Crippen LogP contribution in [0.3, 0.4) is 0 Å². The number of nitrogens with zero attached hydrogens (tertiary/aromatic N) is 1. The van der Waals surface area contributed by atoms with E-state index in [9.17, 15) is 0 Å². The first kappa shape index (κ1) is 28.3. The Kier molecular flexibility index (Phi) is 7.63. The minimum absolute atomic E-state index is 1.11. The van der Waals surface area contributed by atoms with Crippen LogP contribution in [-0.2, 0) is 0 Å². The maximum atomic E-state index is 2.36. The van der Waals surface area contributed by atoms with Crippen molar-refractivity contribution in [3.05, 3.63) is 200 Å². The molecule has 8 aromatic rings. The minimum Gasteiger partial charge on any atom is -0.310 e. The molecule has 0 bridgehead atoms. The van der Waals surface area contributed by atoms with E-state index in [0.717, 1.165) is 17.1 Å². The van der Waals surface area contributed by atoms with E-state index in [0.29, 0.717) is 0 Å². The van der Waals surface area contributed by atoms with Crippen molar-refractivity contribution >= 4 is 27.8 Å². The van der Waals surface area contributed by atoms with Crippen molar-refractivity contribution in [2.24, 2.45) is 0 Å². The Morgan fingerprint density at radius 2 is 0.617 bits per heavy atom. The van der Waals surface area contributed by atoms with Gasteiger partial charge in [0.15, 0.2) is 0 Å². The molecule has 0 radical (unpaired) electrons. The third kappa shape index (κ3) is 5.95. The van der Waals surface area contributed by atoms with Gasteiger partial charge in [-0.3, -0.25) is 0 Å². The van der Waals surface area contributed by atoms with Crippen LogP contribution in [0, 0.1) is 0 Å². The van der Waals surface area contributed by atoms with Crippen molar-refractivity contribution < 1.29 is 0 Å². The number of hydrogen-bond acceptors (Lipinski definition) is 1. The SMILES string of the molecule is c1ccc(-c2cccc(-c3cccc(N(c4ccc(-c5ccc6ccccc6c5)cc4)c4cccc(-c5ccccc5)c4)c3)c2)cc1. The van der Waals surface area contributed by atoms with E-state index in [1.54, 1.807) is 0 Å². The number of benzene rings is 8. The highest BCUT2D eigenvalue weighted by Crippen LogP contribution is 2.39. The molecular formula is C46H33N. The second kappa shape index (κ2) is 12.7. The molecule has 0 saturated heterocycles. The van der Waals surface area contributed by atoms with E-state index in [4.69, 9.17) is 0 Å². The van der Waals surface area contributed by atoms with E-state index in [-0.39, 0.29) is 0 Å². The first-order valence-electron chi connectivity index (χ1n) is 16.1. The first-order chi connectivity index (χ1) is 23.3. The maximum absolute atomic E-state index is 2.36. The van der Waals surface area contributed by atoms with Crippen molar-refractivity contribution in [3.8, 4) is 44.5 Å². The number of anilines is 3. The van der Waals surface area contributed by atoms with Gasteiger partial charge in [-0.15, -0.1) is 0 Å². The quantitative estimate of drug-likeness (QED) is 0.176. The van der Waals surface area contributed by atoms with Crippen LogP contribution in [0.1, 0.15) is 0 Å². The zero-order valence-electron chi connectivity index (χ0n) is 26.0. The molecule has 0 heterocycles. The summed E-state index contributed by atoms with van der Waals surface area (Å²) in [6.07, 6.45) is 0. The standard InChI is InChI=1S/C46H33N/c1-3-12-34(13-4-1)39-18-9-19-40(30-39)42-21-11-23-46(33-42)47(45-22-10-20-41(32-45)35-14-5-2-6-15-35)44-28-26-37(27-29-44)43-25-24-36-16-7-8-17-38(36)31-43/h1-33H. The Labute approximate surface area is 276 Å². The molecule has 0 unspecified atom stereocenters. The van der Waals surface area contributed by atoms with Gasteiger partial charge in [-0.25, -0.2) is 0 Å². The van der Waals surface area contributed by atoms with Gasteiger partial charge in [0, 0.05) is 17.1 Å². The lowest BCUT2D eigenvalue weighted by Gasteiger charge is -2.27. The summed E-state index contributed by atoms with van der Waals surface area (Å²) < 4.78 is 0. The van der Waals surface area contributed by atoms with Crippen LogP contribution in [0.2, 0.25) is 0 Å². The van der Waals surface area contributed by atoms with Crippen molar-refractivity contribution in [2.75, 3.05) is 4.90 Å². The molecular weight excluding hydrogens is 567 g/mol. The van der Waals surface area contributed by atoms with Crippen LogP contribution in [-0.4, -0.2) is 0 Å². The molecule has 0 saturated carbocycles. The summed E-state index contributed by atoms with van der Waals surface area (Å²) >= 11 is 0. The fourth-order valence-corrected chi connectivity index (χ4v) is 6.41. The van der Waals surface area contributed by atoms with Crippen LogP contribution in [0.4, 0.5) is 17.1 Å². The number of fused-ring (bicyclic) bond motifs is 1. The van der Waals surface area contributed by atoms with Gasteiger partial charge in [0.2, 0.25) is 0 Å². The van der Waals surface area contributed by atoms with E-state index in [1.165, 1.54) is 55.3 Å². The van der Waals surface area contributed by atoms with Crippen molar-refractivity contribution in [3.63, 3.8) is 0 Å². The lowest BCUT2D eigenvalue weighted by molar-refractivity contribution is 1.28. The van der Waals surface area contributed by atoms with Crippen LogP contribution in [0.15, 0.2) is 200 Å². The summed E-state index contributed by atoms with van der Waals surface area (Å²) in [6.45, 7) is 0. The summed E-state index contributed by atoms with van der Waals surface area (Å²) in [7, 11) is 0.